The molecule has 2 rings (SSSR count). The summed E-state index contributed by atoms with van der Waals surface area (Å²) < 4.78 is 0. The number of hydrogen-bond acceptors (Lipinski definition) is 2. The quantitative estimate of drug-likeness (QED) is 0.750. The van der Waals surface area contributed by atoms with E-state index in [-0.39, 0.29) is 5.41 Å². The highest BCUT2D eigenvalue weighted by Crippen LogP contribution is 2.40. The molecule has 1 aromatic rings. The van der Waals surface area contributed by atoms with Gasteiger partial charge in [0.2, 0.25) is 0 Å². The Morgan fingerprint density at radius 1 is 1.41 bits per heavy atom. The largest absolute Gasteiger partial charge is 0.197 e. The van der Waals surface area contributed by atoms with Crippen molar-refractivity contribution in [3.05, 3.63) is 35.4 Å². The van der Waals surface area contributed by atoms with Crippen molar-refractivity contribution >= 4 is 11.8 Å². The molecule has 1 nitrogen and oxygen atoms in total. The SMILES string of the molecule is CCSCCC1(C#N)CCCc2ccccc21. The fourth-order valence-electron chi connectivity index (χ4n) is 2.74. The molecule has 0 aromatic heterocycles. The van der Waals surface area contributed by atoms with E-state index in [1.165, 1.54) is 11.1 Å². The number of aryl methyl sites for hydroxylation is 1. The molecule has 2 heteroatoms. The van der Waals surface area contributed by atoms with Gasteiger partial charge in [0, 0.05) is 0 Å². The van der Waals surface area contributed by atoms with Crippen LogP contribution in [0, 0.1) is 11.3 Å². The highest BCUT2D eigenvalue weighted by molar-refractivity contribution is 7.99. The number of thioether (sulfide) groups is 1. The summed E-state index contributed by atoms with van der Waals surface area (Å²) in [6, 6.07) is 11.1. The van der Waals surface area contributed by atoms with Gasteiger partial charge in [-0.05, 0) is 48.3 Å². The van der Waals surface area contributed by atoms with Crippen molar-refractivity contribution in [3.8, 4) is 6.07 Å². The van der Waals surface area contributed by atoms with Gasteiger partial charge in [-0.3, -0.25) is 0 Å². The molecule has 1 unspecified atom stereocenters. The molecule has 0 aliphatic heterocycles. The molecular formula is C15H19NS. The Kier molecular flexibility index (Phi) is 4.12. The Hall–Kier alpha value is -0.940. The standard InChI is InChI=1S/C15H19NS/c1-2-17-11-10-15(12-16)9-5-7-13-6-3-4-8-14(13)15/h3-4,6,8H,2,5,7,9-11H2,1H3. The first kappa shape index (κ1) is 12.5. The van der Waals surface area contributed by atoms with Gasteiger partial charge in [0.25, 0.3) is 0 Å². The van der Waals surface area contributed by atoms with Crippen molar-refractivity contribution in [3.63, 3.8) is 0 Å². The Morgan fingerprint density at radius 2 is 2.24 bits per heavy atom. The van der Waals surface area contributed by atoms with Crippen LogP contribution in [0.4, 0.5) is 0 Å². The van der Waals surface area contributed by atoms with Crippen LogP contribution >= 0.6 is 11.8 Å². The lowest BCUT2D eigenvalue weighted by Gasteiger charge is -2.33. The normalized spacial score (nSPS) is 22.8. The molecule has 0 radical (unpaired) electrons. The molecule has 17 heavy (non-hydrogen) atoms. The van der Waals surface area contributed by atoms with Gasteiger partial charge in [-0.2, -0.15) is 17.0 Å². The predicted molar refractivity (Wildman–Crippen MR) is 74.3 cm³/mol. The van der Waals surface area contributed by atoms with Crippen molar-refractivity contribution < 1.29 is 0 Å². The summed E-state index contributed by atoms with van der Waals surface area (Å²) in [5, 5.41) is 9.63. The van der Waals surface area contributed by atoms with Crippen LogP contribution in [0.2, 0.25) is 0 Å². The second kappa shape index (κ2) is 5.60. The van der Waals surface area contributed by atoms with Crippen LogP contribution in [0.5, 0.6) is 0 Å². The minimum Gasteiger partial charge on any atom is -0.197 e. The number of hydrogen-bond donors (Lipinski definition) is 0. The van der Waals surface area contributed by atoms with Gasteiger partial charge < -0.3 is 0 Å². The van der Waals surface area contributed by atoms with Gasteiger partial charge in [0.15, 0.2) is 0 Å². The van der Waals surface area contributed by atoms with Crippen LogP contribution in [-0.4, -0.2) is 11.5 Å². The zero-order valence-corrected chi connectivity index (χ0v) is 11.2. The van der Waals surface area contributed by atoms with Crippen molar-refractivity contribution in [1.29, 1.82) is 5.26 Å². The molecule has 1 aliphatic carbocycles. The van der Waals surface area contributed by atoms with Gasteiger partial charge in [0.1, 0.15) is 0 Å². The average Bonchev–Trinajstić information content (AvgIpc) is 2.39. The minimum absolute atomic E-state index is 0.211. The summed E-state index contributed by atoms with van der Waals surface area (Å²) in [7, 11) is 0. The Labute approximate surface area is 108 Å². The first-order valence-corrected chi connectivity index (χ1v) is 7.55. The fourth-order valence-corrected chi connectivity index (χ4v) is 3.52. The molecule has 1 aliphatic rings. The third-order valence-corrected chi connectivity index (χ3v) is 4.57. The van der Waals surface area contributed by atoms with Crippen LogP contribution < -0.4 is 0 Å². The maximum Gasteiger partial charge on any atom is 0.0833 e. The molecule has 0 saturated carbocycles. The van der Waals surface area contributed by atoms with E-state index in [1.54, 1.807) is 0 Å². The van der Waals surface area contributed by atoms with E-state index in [0.29, 0.717) is 0 Å². The number of benzene rings is 1. The van der Waals surface area contributed by atoms with Gasteiger partial charge in [-0.1, -0.05) is 31.2 Å². The zero-order valence-electron chi connectivity index (χ0n) is 10.4. The Balaban J connectivity index is 2.27. The molecule has 0 N–H and O–H groups in total. The van der Waals surface area contributed by atoms with Crippen molar-refractivity contribution in [1.82, 2.24) is 0 Å². The van der Waals surface area contributed by atoms with E-state index in [2.05, 4.69) is 37.3 Å². The smallest absolute Gasteiger partial charge is 0.0833 e. The zero-order chi connectivity index (χ0) is 12.1. The predicted octanol–water partition coefficient (Wildman–Crippen LogP) is 3.93. The van der Waals surface area contributed by atoms with E-state index in [4.69, 9.17) is 0 Å². The first-order chi connectivity index (χ1) is 8.32. The maximum atomic E-state index is 9.63. The molecule has 1 atom stereocenters. The van der Waals surface area contributed by atoms with Crippen LogP contribution in [0.25, 0.3) is 0 Å². The first-order valence-electron chi connectivity index (χ1n) is 6.40. The van der Waals surface area contributed by atoms with E-state index < -0.39 is 0 Å². The van der Waals surface area contributed by atoms with Gasteiger partial charge >= 0.3 is 0 Å². The lowest BCUT2D eigenvalue weighted by molar-refractivity contribution is 0.443. The lowest BCUT2D eigenvalue weighted by Crippen LogP contribution is -2.30. The van der Waals surface area contributed by atoms with Crippen molar-refractivity contribution in [2.45, 2.75) is 38.0 Å². The second-order valence-corrected chi connectivity index (χ2v) is 6.05. The second-order valence-electron chi connectivity index (χ2n) is 4.65. The Morgan fingerprint density at radius 3 is 3.00 bits per heavy atom. The van der Waals surface area contributed by atoms with Crippen LogP contribution in [0.15, 0.2) is 24.3 Å². The number of nitrogens with zero attached hydrogens (tertiary/aromatic N) is 1. The fraction of sp³-hybridized carbons (Fsp3) is 0.533. The molecule has 90 valence electrons. The summed E-state index contributed by atoms with van der Waals surface area (Å²) in [6.07, 6.45) is 4.33. The molecule has 0 heterocycles. The van der Waals surface area contributed by atoms with E-state index in [1.807, 2.05) is 11.8 Å². The lowest BCUT2D eigenvalue weighted by atomic mass is 9.69. The van der Waals surface area contributed by atoms with E-state index in [9.17, 15) is 5.26 Å². The summed E-state index contributed by atoms with van der Waals surface area (Å²) >= 11 is 1.94. The van der Waals surface area contributed by atoms with Crippen LogP contribution in [-0.2, 0) is 11.8 Å². The third-order valence-electron chi connectivity index (χ3n) is 3.67. The van der Waals surface area contributed by atoms with Crippen molar-refractivity contribution in [2.24, 2.45) is 0 Å². The van der Waals surface area contributed by atoms with Crippen LogP contribution in [0.3, 0.4) is 0 Å². The van der Waals surface area contributed by atoms with Crippen LogP contribution in [0.1, 0.15) is 37.3 Å². The Bertz CT molecular complexity index is 421. The summed E-state index contributed by atoms with van der Waals surface area (Å²) in [6.45, 7) is 2.18. The molecule has 1 aromatic carbocycles. The number of rotatable bonds is 4. The van der Waals surface area contributed by atoms with E-state index in [0.717, 1.165) is 37.2 Å². The van der Waals surface area contributed by atoms with Crippen molar-refractivity contribution in [2.75, 3.05) is 11.5 Å². The van der Waals surface area contributed by atoms with E-state index >= 15 is 0 Å². The van der Waals surface area contributed by atoms with Gasteiger partial charge in [0.05, 0.1) is 11.5 Å². The molecule has 0 bridgehead atoms. The minimum atomic E-state index is -0.211. The van der Waals surface area contributed by atoms with Gasteiger partial charge in [-0.25, -0.2) is 0 Å². The highest BCUT2D eigenvalue weighted by Gasteiger charge is 2.35. The molecule has 0 spiro atoms. The third kappa shape index (κ3) is 2.50. The molecule has 0 saturated heterocycles. The van der Waals surface area contributed by atoms with Gasteiger partial charge in [-0.15, -0.1) is 0 Å². The molecule has 0 fully saturated rings. The molecule has 0 amide bonds. The summed E-state index contributed by atoms with van der Waals surface area (Å²) in [4.78, 5) is 0. The summed E-state index contributed by atoms with van der Waals surface area (Å²) in [5.41, 5.74) is 2.48. The average molecular weight is 245 g/mol. The summed E-state index contributed by atoms with van der Waals surface area (Å²) in [5.74, 6) is 2.24. The monoisotopic (exact) mass is 245 g/mol. The maximum absolute atomic E-state index is 9.63. The molecular weight excluding hydrogens is 226 g/mol. The topological polar surface area (TPSA) is 23.8 Å². The number of nitriles is 1. The highest BCUT2D eigenvalue weighted by atomic mass is 32.2. The number of fused-ring (bicyclic) bond motifs is 1.